The van der Waals surface area contributed by atoms with E-state index in [9.17, 15) is 0 Å². The molecule has 5 nitrogen and oxygen atoms in total. The zero-order chi connectivity index (χ0) is 21.7. The fraction of sp³-hybridized carbons (Fsp3) is 0.160. The molecule has 1 aromatic heterocycles. The molecule has 3 aromatic rings. The Morgan fingerprint density at radius 1 is 0.871 bits per heavy atom. The minimum atomic E-state index is -0.950. The number of rotatable bonds is 7. The van der Waals surface area contributed by atoms with Crippen LogP contribution in [-0.4, -0.2) is 11.0 Å². The highest BCUT2D eigenvalue weighted by Gasteiger charge is 2.36. The van der Waals surface area contributed by atoms with E-state index in [2.05, 4.69) is 20.9 Å². The molecule has 4 N–H and O–H groups in total. The topological polar surface area (TPSA) is 83.4 Å². The van der Waals surface area contributed by atoms with Gasteiger partial charge in [-0.25, -0.2) is 0 Å². The van der Waals surface area contributed by atoms with E-state index in [0.29, 0.717) is 30.5 Å². The molecule has 0 bridgehead atoms. The van der Waals surface area contributed by atoms with Gasteiger partial charge in [-0.1, -0.05) is 94.8 Å². The fourth-order valence-electron chi connectivity index (χ4n) is 3.36. The first-order valence-electron chi connectivity index (χ1n) is 10.0. The van der Waals surface area contributed by atoms with Crippen LogP contribution in [0.25, 0.3) is 0 Å². The van der Waals surface area contributed by atoms with E-state index in [1.54, 1.807) is 6.07 Å². The number of aromatic nitrogens is 1. The zero-order valence-corrected chi connectivity index (χ0v) is 18.5. The van der Waals surface area contributed by atoms with Gasteiger partial charge in [0.2, 0.25) is 11.8 Å². The van der Waals surface area contributed by atoms with Crippen molar-refractivity contribution in [2.24, 2.45) is 11.5 Å². The van der Waals surface area contributed by atoms with Crippen LogP contribution >= 0.6 is 15.9 Å². The van der Waals surface area contributed by atoms with Gasteiger partial charge in [0, 0.05) is 16.1 Å². The Morgan fingerprint density at radius 2 is 1.48 bits per heavy atom. The number of pyridine rings is 1. The predicted molar refractivity (Wildman–Crippen MR) is 126 cm³/mol. The third-order valence-corrected chi connectivity index (χ3v) is 5.69. The standard InChI is InChI=1S/C25H24BrN3O2/c26-20-13-14-25(28,22(27)15-20)21-11-12-23(30-16-18-7-3-1-4-8-18)29-24(21)31-17-19-9-5-2-6-10-19/h1-15,22H,16-17,27-28H2. The van der Waals surface area contributed by atoms with Gasteiger partial charge in [0.15, 0.2) is 0 Å². The second kappa shape index (κ2) is 9.47. The maximum atomic E-state index is 6.73. The highest BCUT2D eigenvalue weighted by atomic mass is 79.9. The molecular weight excluding hydrogens is 454 g/mol. The monoisotopic (exact) mass is 477 g/mol. The third kappa shape index (κ3) is 5.05. The number of hydrogen-bond acceptors (Lipinski definition) is 5. The number of halogens is 1. The van der Waals surface area contributed by atoms with Crippen molar-refractivity contribution in [2.45, 2.75) is 24.8 Å². The van der Waals surface area contributed by atoms with Gasteiger partial charge in [-0.15, -0.1) is 0 Å². The SMILES string of the molecule is NC1C=C(Br)C=CC1(N)c1ccc(OCc2ccccc2)nc1OCc1ccccc1. The molecule has 2 atom stereocenters. The number of benzene rings is 2. The molecule has 4 rings (SSSR count). The number of hydrogen-bond donors (Lipinski definition) is 2. The first-order chi connectivity index (χ1) is 15.0. The summed E-state index contributed by atoms with van der Waals surface area (Å²) in [5.74, 6) is 0.868. The Balaban J connectivity index is 1.62. The maximum absolute atomic E-state index is 6.73. The Kier molecular flexibility index (Phi) is 6.51. The average molecular weight is 478 g/mol. The summed E-state index contributed by atoms with van der Waals surface area (Å²) >= 11 is 3.46. The van der Waals surface area contributed by atoms with E-state index in [4.69, 9.17) is 20.9 Å². The van der Waals surface area contributed by atoms with Crippen LogP contribution in [0.1, 0.15) is 16.7 Å². The second-order valence-corrected chi connectivity index (χ2v) is 8.31. The van der Waals surface area contributed by atoms with E-state index < -0.39 is 11.6 Å². The number of nitrogens with two attached hydrogens (primary N) is 2. The van der Waals surface area contributed by atoms with Gasteiger partial charge in [-0.05, 0) is 17.2 Å². The van der Waals surface area contributed by atoms with Crippen LogP contribution in [0.15, 0.2) is 95.5 Å². The van der Waals surface area contributed by atoms with Crippen LogP contribution in [0.4, 0.5) is 0 Å². The predicted octanol–water partition coefficient (Wildman–Crippen LogP) is 4.57. The molecule has 1 aliphatic carbocycles. The second-order valence-electron chi connectivity index (χ2n) is 7.39. The number of ether oxygens (including phenoxy) is 2. The summed E-state index contributed by atoms with van der Waals surface area (Å²) in [5, 5.41) is 0. The fourth-order valence-corrected chi connectivity index (χ4v) is 3.78. The summed E-state index contributed by atoms with van der Waals surface area (Å²) in [6.45, 7) is 0.770. The van der Waals surface area contributed by atoms with Gasteiger partial charge in [0.1, 0.15) is 13.2 Å². The van der Waals surface area contributed by atoms with Crippen molar-refractivity contribution < 1.29 is 9.47 Å². The van der Waals surface area contributed by atoms with E-state index in [1.165, 1.54) is 0 Å². The lowest BCUT2D eigenvalue weighted by molar-refractivity contribution is 0.260. The quantitative estimate of drug-likeness (QED) is 0.520. The van der Waals surface area contributed by atoms with Gasteiger partial charge < -0.3 is 20.9 Å². The third-order valence-electron chi connectivity index (χ3n) is 5.16. The van der Waals surface area contributed by atoms with Gasteiger partial charge in [0.25, 0.3) is 0 Å². The number of nitrogens with zero attached hydrogens (tertiary/aromatic N) is 1. The van der Waals surface area contributed by atoms with Crippen molar-refractivity contribution in [1.82, 2.24) is 4.98 Å². The lowest BCUT2D eigenvalue weighted by atomic mass is 9.81. The molecule has 0 spiro atoms. The van der Waals surface area contributed by atoms with Gasteiger partial charge in [-0.2, -0.15) is 4.98 Å². The molecule has 0 saturated carbocycles. The van der Waals surface area contributed by atoms with Crippen molar-refractivity contribution in [2.75, 3.05) is 0 Å². The molecule has 2 unspecified atom stereocenters. The minimum absolute atomic E-state index is 0.359. The summed E-state index contributed by atoms with van der Waals surface area (Å²) in [6.07, 6.45) is 5.64. The van der Waals surface area contributed by atoms with Crippen LogP contribution in [0.3, 0.4) is 0 Å². The molecule has 31 heavy (non-hydrogen) atoms. The van der Waals surface area contributed by atoms with Crippen LogP contribution in [0, 0.1) is 0 Å². The number of allylic oxidation sites excluding steroid dienone is 2. The molecule has 0 fully saturated rings. The molecule has 6 heteroatoms. The summed E-state index contributed by atoms with van der Waals surface area (Å²) in [7, 11) is 0. The van der Waals surface area contributed by atoms with Crippen LogP contribution < -0.4 is 20.9 Å². The Morgan fingerprint density at radius 3 is 2.10 bits per heavy atom. The lowest BCUT2D eigenvalue weighted by Crippen LogP contribution is -2.51. The van der Waals surface area contributed by atoms with Crippen molar-refractivity contribution in [3.05, 3.63) is 112 Å². The average Bonchev–Trinajstić information content (AvgIpc) is 2.80. The largest absolute Gasteiger partial charge is 0.473 e. The molecule has 2 aromatic carbocycles. The van der Waals surface area contributed by atoms with Gasteiger partial charge >= 0.3 is 0 Å². The molecule has 0 amide bonds. The van der Waals surface area contributed by atoms with Crippen molar-refractivity contribution >= 4 is 15.9 Å². The van der Waals surface area contributed by atoms with Crippen molar-refractivity contribution in [3.8, 4) is 11.8 Å². The Bertz CT molecular complexity index is 1090. The zero-order valence-electron chi connectivity index (χ0n) is 16.9. The summed E-state index contributed by atoms with van der Waals surface area (Å²) in [4.78, 5) is 4.63. The Hall–Kier alpha value is -2.93. The molecule has 1 aliphatic rings. The van der Waals surface area contributed by atoms with Crippen LogP contribution in [0.5, 0.6) is 11.8 Å². The van der Waals surface area contributed by atoms with Crippen molar-refractivity contribution in [1.29, 1.82) is 0 Å². The first-order valence-corrected chi connectivity index (χ1v) is 10.8. The van der Waals surface area contributed by atoms with Crippen LogP contribution in [0.2, 0.25) is 0 Å². The van der Waals surface area contributed by atoms with Crippen molar-refractivity contribution in [3.63, 3.8) is 0 Å². The summed E-state index contributed by atoms with van der Waals surface area (Å²) < 4.78 is 12.9. The van der Waals surface area contributed by atoms with E-state index in [0.717, 1.165) is 15.6 Å². The van der Waals surface area contributed by atoms with E-state index in [1.807, 2.05) is 85.0 Å². The maximum Gasteiger partial charge on any atom is 0.222 e. The molecule has 0 aliphatic heterocycles. The molecular formula is C25H24BrN3O2. The first kappa shape index (κ1) is 21.3. The van der Waals surface area contributed by atoms with Crippen LogP contribution in [-0.2, 0) is 18.8 Å². The van der Waals surface area contributed by atoms with E-state index >= 15 is 0 Å². The minimum Gasteiger partial charge on any atom is -0.473 e. The molecule has 0 saturated heterocycles. The van der Waals surface area contributed by atoms with E-state index in [-0.39, 0.29) is 0 Å². The highest BCUT2D eigenvalue weighted by Crippen LogP contribution is 2.36. The molecule has 1 heterocycles. The summed E-state index contributed by atoms with van der Waals surface area (Å²) in [5.41, 5.74) is 15.0. The normalized spacial score (nSPS) is 20.2. The lowest BCUT2D eigenvalue weighted by Gasteiger charge is -2.34. The Labute approximate surface area is 190 Å². The van der Waals surface area contributed by atoms with Gasteiger partial charge in [-0.3, -0.25) is 0 Å². The highest BCUT2D eigenvalue weighted by molar-refractivity contribution is 9.11. The summed E-state index contributed by atoms with van der Waals surface area (Å²) in [6, 6.07) is 23.1. The molecule has 158 valence electrons. The van der Waals surface area contributed by atoms with Gasteiger partial charge in [0.05, 0.1) is 11.6 Å². The molecule has 0 radical (unpaired) electrons. The smallest absolute Gasteiger partial charge is 0.222 e.